The largest absolute Gasteiger partial charge is 0.493 e. The molecular formula is C23H26N2O4S. The van der Waals surface area contributed by atoms with E-state index in [9.17, 15) is 9.59 Å². The van der Waals surface area contributed by atoms with E-state index in [-0.39, 0.29) is 11.9 Å². The van der Waals surface area contributed by atoms with Crippen LogP contribution in [0.25, 0.3) is 10.2 Å². The Kier molecular flexibility index (Phi) is 7.41. The lowest BCUT2D eigenvalue weighted by Crippen LogP contribution is -2.12. The molecule has 0 aliphatic heterocycles. The minimum absolute atomic E-state index is 0.261. The average Bonchev–Trinajstić information content (AvgIpc) is 3.14. The van der Waals surface area contributed by atoms with Gasteiger partial charge in [0.25, 0.3) is 5.91 Å². The summed E-state index contributed by atoms with van der Waals surface area (Å²) in [5.41, 5.74) is 1.69. The second kappa shape index (κ2) is 10.2. The Labute approximate surface area is 180 Å². The van der Waals surface area contributed by atoms with E-state index in [1.807, 2.05) is 13.0 Å². The number of rotatable bonds is 9. The molecule has 0 unspecified atom stereocenters. The third-order valence-electron chi connectivity index (χ3n) is 4.26. The Morgan fingerprint density at radius 1 is 1.13 bits per heavy atom. The van der Waals surface area contributed by atoms with Crippen molar-refractivity contribution in [2.45, 2.75) is 33.6 Å². The number of amides is 1. The summed E-state index contributed by atoms with van der Waals surface area (Å²) in [6, 6.07) is 12.3. The lowest BCUT2D eigenvalue weighted by atomic mass is 10.2. The van der Waals surface area contributed by atoms with Crippen molar-refractivity contribution in [3.8, 4) is 5.75 Å². The quantitative estimate of drug-likeness (QED) is 0.359. The van der Waals surface area contributed by atoms with Crippen LogP contribution in [0.1, 0.15) is 54.3 Å². The van der Waals surface area contributed by atoms with Gasteiger partial charge in [0.1, 0.15) is 5.75 Å². The van der Waals surface area contributed by atoms with Crippen molar-refractivity contribution >= 4 is 38.6 Å². The minimum Gasteiger partial charge on any atom is -0.493 e. The molecule has 1 heterocycles. The van der Waals surface area contributed by atoms with Gasteiger partial charge in [-0.3, -0.25) is 10.1 Å². The van der Waals surface area contributed by atoms with Crippen LogP contribution < -0.4 is 10.1 Å². The molecule has 0 fully saturated rings. The van der Waals surface area contributed by atoms with Gasteiger partial charge in [-0.1, -0.05) is 44.6 Å². The molecule has 0 saturated carbocycles. The molecule has 0 aliphatic carbocycles. The van der Waals surface area contributed by atoms with Crippen molar-refractivity contribution in [1.82, 2.24) is 4.98 Å². The van der Waals surface area contributed by atoms with Gasteiger partial charge >= 0.3 is 5.97 Å². The van der Waals surface area contributed by atoms with Crippen LogP contribution in [-0.4, -0.2) is 30.1 Å². The molecule has 1 N–H and O–H groups in total. The number of carbonyl (C=O) groups is 2. The highest BCUT2D eigenvalue weighted by molar-refractivity contribution is 7.22. The molecule has 30 heavy (non-hydrogen) atoms. The summed E-state index contributed by atoms with van der Waals surface area (Å²) in [7, 11) is 0. The van der Waals surface area contributed by atoms with Crippen molar-refractivity contribution in [2.24, 2.45) is 5.92 Å². The Bertz CT molecular complexity index is 1030. The van der Waals surface area contributed by atoms with Gasteiger partial charge in [0.05, 0.1) is 29.0 Å². The van der Waals surface area contributed by atoms with Crippen molar-refractivity contribution in [2.75, 3.05) is 18.5 Å². The van der Waals surface area contributed by atoms with E-state index in [4.69, 9.17) is 9.47 Å². The number of benzene rings is 2. The number of nitrogens with one attached hydrogen (secondary N) is 1. The van der Waals surface area contributed by atoms with Crippen molar-refractivity contribution in [3.05, 3.63) is 53.6 Å². The molecule has 0 aliphatic rings. The molecule has 6 nitrogen and oxygen atoms in total. The minimum atomic E-state index is -0.345. The number of nitrogens with zero attached hydrogens (tertiary/aromatic N) is 1. The van der Waals surface area contributed by atoms with Crippen LogP contribution in [0, 0.1) is 5.92 Å². The first-order chi connectivity index (χ1) is 14.5. The average molecular weight is 427 g/mol. The molecule has 0 atom stereocenters. The van der Waals surface area contributed by atoms with Gasteiger partial charge in [0, 0.05) is 5.56 Å². The normalized spacial score (nSPS) is 10.9. The standard InChI is InChI=1S/C23H26N2O4S/c1-4-5-11-28-22(27)17-9-10-19-20(13-17)30-23(24-19)25-21(26)16-7-6-8-18(12-16)29-14-15(2)3/h6-10,12-13,15H,4-5,11,14H2,1-3H3,(H,24,25,26). The first-order valence-electron chi connectivity index (χ1n) is 10.1. The number of aromatic nitrogens is 1. The smallest absolute Gasteiger partial charge is 0.338 e. The summed E-state index contributed by atoms with van der Waals surface area (Å²) in [4.78, 5) is 29.2. The molecule has 3 aromatic rings. The highest BCUT2D eigenvalue weighted by Gasteiger charge is 2.13. The lowest BCUT2D eigenvalue weighted by molar-refractivity contribution is 0.0500. The second-order valence-corrected chi connectivity index (χ2v) is 8.41. The first kappa shape index (κ1) is 21.8. The Balaban J connectivity index is 1.69. The Hall–Kier alpha value is -2.93. The molecule has 3 rings (SSSR count). The third kappa shape index (κ3) is 5.79. The van der Waals surface area contributed by atoms with Crippen molar-refractivity contribution < 1.29 is 19.1 Å². The van der Waals surface area contributed by atoms with Gasteiger partial charge in [0.2, 0.25) is 0 Å². The molecule has 2 aromatic carbocycles. The number of thiazole rings is 1. The van der Waals surface area contributed by atoms with Gasteiger partial charge in [-0.2, -0.15) is 0 Å². The van der Waals surface area contributed by atoms with Gasteiger partial charge in [-0.15, -0.1) is 0 Å². The fraction of sp³-hybridized carbons (Fsp3) is 0.348. The molecule has 7 heteroatoms. The maximum absolute atomic E-state index is 12.6. The zero-order valence-corrected chi connectivity index (χ0v) is 18.3. The van der Waals surface area contributed by atoms with E-state index in [0.29, 0.717) is 41.1 Å². The Morgan fingerprint density at radius 3 is 2.73 bits per heavy atom. The number of unbranched alkanes of at least 4 members (excludes halogenated alkanes) is 1. The first-order valence-corrected chi connectivity index (χ1v) is 10.9. The predicted octanol–water partition coefficient (Wildman–Crippen LogP) is 5.54. The molecule has 0 spiro atoms. The van der Waals surface area contributed by atoms with Crippen LogP contribution in [0.15, 0.2) is 42.5 Å². The van der Waals surface area contributed by atoms with Crippen LogP contribution in [0.2, 0.25) is 0 Å². The summed E-state index contributed by atoms with van der Waals surface area (Å²) in [5.74, 6) is 0.455. The number of esters is 1. The van der Waals surface area contributed by atoms with Gasteiger partial charge in [-0.05, 0) is 48.7 Å². The molecule has 1 aromatic heterocycles. The highest BCUT2D eigenvalue weighted by atomic mass is 32.1. The van der Waals surface area contributed by atoms with Crippen LogP contribution in [-0.2, 0) is 4.74 Å². The van der Waals surface area contributed by atoms with Crippen LogP contribution in [0.5, 0.6) is 5.75 Å². The topological polar surface area (TPSA) is 77.5 Å². The van der Waals surface area contributed by atoms with E-state index >= 15 is 0 Å². The number of hydrogen-bond acceptors (Lipinski definition) is 6. The molecular weight excluding hydrogens is 400 g/mol. The van der Waals surface area contributed by atoms with Crippen LogP contribution in [0.4, 0.5) is 5.13 Å². The zero-order chi connectivity index (χ0) is 21.5. The van der Waals surface area contributed by atoms with Gasteiger partial charge in [0.15, 0.2) is 5.13 Å². The van der Waals surface area contributed by atoms with Crippen molar-refractivity contribution in [1.29, 1.82) is 0 Å². The van der Waals surface area contributed by atoms with Crippen molar-refractivity contribution in [3.63, 3.8) is 0 Å². The fourth-order valence-electron chi connectivity index (χ4n) is 2.66. The SMILES string of the molecule is CCCCOC(=O)c1ccc2nc(NC(=O)c3cccc(OCC(C)C)c3)sc2c1. The second-order valence-electron chi connectivity index (χ2n) is 7.38. The maximum Gasteiger partial charge on any atom is 0.338 e. The summed E-state index contributed by atoms with van der Waals surface area (Å²) in [6.07, 6.45) is 1.81. The summed E-state index contributed by atoms with van der Waals surface area (Å²) in [5, 5.41) is 3.30. The summed E-state index contributed by atoms with van der Waals surface area (Å²) < 4.78 is 11.8. The van der Waals surface area contributed by atoms with Crippen LogP contribution in [0.3, 0.4) is 0 Å². The van der Waals surface area contributed by atoms with E-state index in [1.54, 1.807) is 36.4 Å². The number of anilines is 1. The van der Waals surface area contributed by atoms with E-state index in [0.717, 1.165) is 23.1 Å². The zero-order valence-electron chi connectivity index (χ0n) is 17.4. The number of fused-ring (bicyclic) bond motifs is 1. The number of carbonyl (C=O) groups excluding carboxylic acids is 2. The summed E-state index contributed by atoms with van der Waals surface area (Å²) in [6.45, 7) is 7.19. The van der Waals surface area contributed by atoms with Crippen LogP contribution >= 0.6 is 11.3 Å². The van der Waals surface area contributed by atoms with E-state index in [1.165, 1.54) is 11.3 Å². The fourth-order valence-corrected chi connectivity index (χ4v) is 3.56. The molecule has 0 bridgehead atoms. The van der Waals surface area contributed by atoms with E-state index < -0.39 is 0 Å². The maximum atomic E-state index is 12.6. The predicted molar refractivity (Wildman–Crippen MR) is 120 cm³/mol. The van der Waals surface area contributed by atoms with Gasteiger partial charge in [-0.25, -0.2) is 9.78 Å². The molecule has 158 valence electrons. The Morgan fingerprint density at radius 2 is 1.97 bits per heavy atom. The molecule has 1 amide bonds. The third-order valence-corrected chi connectivity index (χ3v) is 5.19. The molecule has 0 saturated heterocycles. The lowest BCUT2D eigenvalue weighted by Gasteiger charge is -2.09. The molecule has 0 radical (unpaired) electrons. The van der Waals surface area contributed by atoms with Gasteiger partial charge < -0.3 is 9.47 Å². The summed E-state index contributed by atoms with van der Waals surface area (Å²) >= 11 is 1.32. The number of hydrogen-bond donors (Lipinski definition) is 1. The number of ether oxygens (including phenoxy) is 2. The van der Waals surface area contributed by atoms with E-state index in [2.05, 4.69) is 24.1 Å². The monoisotopic (exact) mass is 426 g/mol. The highest BCUT2D eigenvalue weighted by Crippen LogP contribution is 2.28.